The van der Waals surface area contributed by atoms with Gasteiger partial charge in [0.1, 0.15) is 0 Å². The zero-order valence-corrected chi connectivity index (χ0v) is 12.7. The predicted molar refractivity (Wildman–Crippen MR) is 77.4 cm³/mol. The summed E-state index contributed by atoms with van der Waals surface area (Å²) >= 11 is 0. The van der Waals surface area contributed by atoms with E-state index in [1.165, 1.54) is 10.6 Å². The van der Waals surface area contributed by atoms with E-state index in [2.05, 4.69) is 17.2 Å². The van der Waals surface area contributed by atoms with E-state index >= 15 is 0 Å². The monoisotopic (exact) mass is 285 g/mol. The van der Waals surface area contributed by atoms with Crippen molar-refractivity contribution in [2.75, 3.05) is 25.9 Å². The molecule has 0 aliphatic rings. The molecule has 1 aromatic rings. The summed E-state index contributed by atoms with van der Waals surface area (Å²) in [6, 6.07) is 4.16. The lowest BCUT2D eigenvalue weighted by Crippen LogP contribution is -2.32. The fraction of sp³-hybridized carbons (Fsp3) is 0.615. The molecular formula is C13H23N3O2S. The minimum absolute atomic E-state index is 0.224. The average molecular weight is 285 g/mol. The van der Waals surface area contributed by atoms with Crippen LogP contribution in [0.5, 0.6) is 0 Å². The van der Waals surface area contributed by atoms with Gasteiger partial charge in [-0.25, -0.2) is 12.7 Å². The molecule has 0 aliphatic carbocycles. The largest absolute Gasteiger partial charge is 0.310 e. The average Bonchev–Trinajstić information content (AvgIpc) is 2.38. The van der Waals surface area contributed by atoms with E-state index in [0.717, 1.165) is 18.5 Å². The van der Waals surface area contributed by atoms with Crippen LogP contribution in [0, 0.1) is 0 Å². The Hall–Kier alpha value is -0.980. The Bertz CT molecular complexity index is 462. The molecule has 1 atom stereocenters. The van der Waals surface area contributed by atoms with Gasteiger partial charge in [-0.3, -0.25) is 4.98 Å². The molecule has 1 N–H and O–H groups in total. The van der Waals surface area contributed by atoms with Gasteiger partial charge in [0, 0.05) is 31.5 Å². The number of nitrogens with one attached hydrogen (secondary N) is 1. The first kappa shape index (κ1) is 16.1. The topological polar surface area (TPSA) is 62.3 Å². The Labute approximate surface area is 116 Å². The minimum atomic E-state index is -3.07. The normalized spacial score (nSPS) is 13.7. The van der Waals surface area contributed by atoms with Gasteiger partial charge < -0.3 is 5.32 Å². The fourth-order valence-corrected chi connectivity index (χ4v) is 2.81. The van der Waals surface area contributed by atoms with Gasteiger partial charge in [-0.1, -0.05) is 13.0 Å². The molecule has 0 bridgehead atoms. The van der Waals surface area contributed by atoms with Crippen LogP contribution in [-0.4, -0.2) is 43.6 Å². The second-order valence-corrected chi connectivity index (χ2v) is 6.55. The Morgan fingerprint density at radius 3 is 2.74 bits per heavy atom. The number of rotatable bonds is 8. The van der Waals surface area contributed by atoms with Crippen molar-refractivity contribution in [3.8, 4) is 0 Å². The van der Waals surface area contributed by atoms with Gasteiger partial charge in [0.25, 0.3) is 0 Å². The molecule has 1 rings (SSSR count). The molecule has 0 fully saturated rings. The molecule has 19 heavy (non-hydrogen) atoms. The summed E-state index contributed by atoms with van der Waals surface area (Å²) in [5.41, 5.74) is 1.14. The van der Waals surface area contributed by atoms with Gasteiger partial charge in [-0.15, -0.1) is 0 Å². The Kier molecular flexibility index (Phi) is 6.41. The van der Waals surface area contributed by atoms with Gasteiger partial charge in [0.05, 0.1) is 6.26 Å². The highest BCUT2D eigenvalue weighted by atomic mass is 32.2. The molecule has 0 saturated carbocycles. The lowest BCUT2D eigenvalue weighted by molar-refractivity contribution is 0.413. The molecule has 0 aliphatic heterocycles. The summed E-state index contributed by atoms with van der Waals surface area (Å²) in [6.45, 7) is 5.79. The van der Waals surface area contributed by atoms with Crippen molar-refractivity contribution < 1.29 is 8.42 Å². The third-order valence-electron chi connectivity index (χ3n) is 3.04. The van der Waals surface area contributed by atoms with E-state index in [-0.39, 0.29) is 6.04 Å². The summed E-state index contributed by atoms with van der Waals surface area (Å²) in [4.78, 5) is 4.08. The van der Waals surface area contributed by atoms with E-state index in [1.54, 1.807) is 6.20 Å². The van der Waals surface area contributed by atoms with Crippen molar-refractivity contribution in [1.29, 1.82) is 0 Å². The van der Waals surface area contributed by atoms with Crippen LogP contribution in [0.15, 0.2) is 24.5 Å². The molecule has 0 aromatic carbocycles. The highest BCUT2D eigenvalue weighted by molar-refractivity contribution is 7.88. The minimum Gasteiger partial charge on any atom is -0.310 e. The van der Waals surface area contributed by atoms with Gasteiger partial charge in [-0.2, -0.15) is 0 Å². The molecule has 1 aromatic heterocycles. The number of pyridine rings is 1. The van der Waals surface area contributed by atoms with Gasteiger partial charge >= 0.3 is 0 Å². The van der Waals surface area contributed by atoms with Crippen LogP contribution in [0.4, 0.5) is 0 Å². The van der Waals surface area contributed by atoms with E-state index in [4.69, 9.17) is 0 Å². The van der Waals surface area contributed by atoms with Crippen molar-refractivity contribution in [1.82, 2.24) is 14.6 Å². The second-order valence-electron chi connectivity index (χ2n) is 4.57. The number of hydrogen-bond donors (Lipinski definition) is 1. The van der Waals surface area contributed by atoms with Gasteiger partial charge in [-0.05, 0) is 31.5 Å². The number of aromatic nitrogens is 1. The van der Waals surface area contributed by atoms with Crippen LogP contribution >= 0.6 is 0 Å². The van der Waals surface area contributed by atoms with Crippen molar-refractivity contribution in [2.45, 2.75) is 26.3 Å². The molecule has 1 unspecified atom stereocenters. The highest BCUT2D eigenvalue weighted by Crippen LogP contribution is 2.09. The van der Waals surface area contributed by atoms with Crippen LogP contribution < -0.4 is 5.32 Å². The second kappa shape index (κ2) is 7.57. The van der Waals surface area contributed by atoms with Crippen molar-refractivity contribution >= 4 is 10.0 Å². The van der Waals surface area contributed by atoms with Crippen molar-refractivity contribution in [3.05, 3.63) is 30.1 Å². The number of hydrogen-bond acceptors (Lipinski definition) is 4. The molecule has 0 saturated heterocycles. The fourth-order valence-electron chi connectivity index (χ4n) is 1.88. The first-order valence-electron chi connectivity index (χ1n) is 6.53. The van der Waals surface area contributed by atoms with E-state index < -0.39 is 10.0 Å². The van der Waals surface area contributed by atoms with E-state index in [9.17, 15) is 8.42 Å². The molecule has 6 heteroatoms. The smallest absolute Gasteiger partial charge is 0.211 e. The summed E-state index contributed by atoms with van der Waals surface area (Å²) in [5, 5.41) is 3.37. The van der Waals surface area contributed by atoms with Crippen LogP contribution in [0.3, 0.4) is 0 Å². The molecule has 5 nitrogen and oxygen atoms in total. The Morgan fingerprint density at radius 1 is 1.47 bits per heavy atom. The zero-order chi connectivity index (χ0) is 14.3. The highest BCUT2D eigenvalue weighted by Gasteiger charge is 2.13. The van der Waals surface area contributed by atoms with Gasteiger partial charge in [0.2, 0.25) is 10.0 Å². The lowest BCUT2D eigenvalue weighted by Gasteiger charge is -2.19. The standard InChI is InChI=1S/C13H23N3O2S/c1-4-16(19(3,17)18)10-6-9-15-12(2)13-7-5-8-14-11-13/h5,7-8,11-12,15H,4,6,9-10H2,1-3H3. The lowest BCUT2D eigenvalue weighted by atomic mass is 10.1. The first-order valence-corrected chi connectivity index (χ1v) is 8.38. The van der Waals surface area contributed by atoms with Gasteiger partial charge in [0.15, 0.2) is 0 Å². The Morgan fingerprint density at radius 2 is 2.21 bits per heavy atom. The quantitative estimate of drug-likeness (QED) is 0.734. The van der Waals surface area contributed by atoms with Crippen LogP contribution in [-0.2, 0) is 10.0 Å². The molecule has 0 radical (unpaired) electrons. The SMILES string of the molecule is CCN(CCCNC(C)c1cccnc1)S(C)(=O)=O. The summed E-state index contributed by atoms with van der Waals surface area (Å²) in [5.74, 6) is 0. The third kappa shape index (κ3) is 5.67. The first-order chi connectivity index (χ1) is 8.95. The van der Waals surface area contributed by atoms with Crippen LogP contribution in [0.2, 0.25) is 0 Å². The summed E-state index contributed by atoms with van der Waals surface area (Å²) < 4.78 is 24.3. The maximum atomic E-state index is 11.4. The molecule has 1 heterocycles. The van der Waals surface area contributed by atoms with Crippen LogP contribution in [0.1, 0.15) is 31.9 Å². The third-order valence-corrected chi connectivity index (χ3v) is 4.42. The zero-order valence-electron chi connectivity index (χ0n) is 11.8. The van der Waals surface area contributed by atoms with E-state index in [1.807, 2.05) is 25.3 Å². The number of sulfonamides is 1. The molecular weight excluding hydrogens is 262 g/mol. The van der Waals surface area contributed by atoms with E-state index in [0.29, 0.717) is 13.1 Å². The van der Waals surface area contributed by atoms with Crippen molar-refractivity contribution in [2.24, 2.45) is 0 Å². The molecule has 0 spiro atoms. The molecule has 108 valence electrons. The number of nitrogens with zero attached hydrogens (tertiary/aromatic N) is 2. The Balaban J connectivity index is 2.31. The maximum Gasteiger partial charge on any atom is 0.211 e. The predicted octanol–water partition coefficient (Wildman–Crippen LogP) is 1.40. The summed E-state index contributed by atoms with van der Waals surface area (Å²) in [7, 11) is -3.07. The summed E-state index contributed by atoms with van der Waals surface area (Å²) in [6.07, 6.45) is 5.64. The maximum absolute atomic E-state index is 11.4. The molecule has 0 amide bonds. The van der Waals surface area contributed by atoms with Crippen molar-refractivity contribution in [3.63, 3.8) is 0 Å². The van der Waals surface area contributed by atoms with Crippen LogP contribution in [0.25, 0.3) is 0 Å².